The number of Topliss-reactive ketones (excluding diaryl/α,β-unsaturated/α-hetero) is 1. The number of amides is 2. The Balaban J connectivity index is 1.73. The maximum Gasteiger partial charge on any atom is 0.249 e. The van der Waals surface area contributed by atoms with Gasteiger partial charge in [0.1, 0.15) is 18.8 Å². The van der Waals surface area contributed by atoms with E-state index in [0.29, 0.717) is 17.7 Å². The smallest absolute Gasteiger partial charge is 0.249 e. The number of ether oxygens (including phenoxy) is 1. The Hall–Kier alpha value is -2.25. The largest absolute Gasteiger partial charge is 0.366 e. The van der Waals surface area contributed by atoms with E-state index in [9.17, 15) is 14.4 Å². The van der Waals surface area contributed by atoms with Gasteiger partial charge in [0.15, 0.2) is 5.78 Å². The summed E-state index contributed by atoms with van der Waals surface area (Å²) in [6.07, 6.45) is 4.87. The first-order valence-corrected chi connectivity index (χ1v) is 10.5. The second kappa shape index (κ2) is 8.24. The quantitative estimate of drug-likeness (QED) is 0.775. The molecule has 7 nitrogen and oxygen atoms in total. The van der Waals surface area contributed by atoms with Crippen molar-refractivity contribution in [3.8, 4) is 0 Å². The summed E-state index contributed by atoms with van der Waals surface area (Å²) in [5, 5.41) is 3.18. The SMILES string of the molecule is CN[C@H]1CN(C(=O)[C@H](c2ccccc2C(N)=O)C2CCCCC2)[C@@H]2C(=O)CO[C@H]12. The van der Waals surface area contributed by atoms with E-state index in [2.05, 4.69) is 5.32 Å². The lowest BCUT2D eigenvalue weighted by atomic mass is 9.74. The Bertz CT molecular complexity index is 805. The lowest BCUT2D eigenvalue weighted by Gasteiger charge is -2.34. The molecule has 0 bridgehead atoms. The van der Waals surface area contributed by atoms with Crippen LogP contribution in [0.25, 0.3) is 0 Å². The highest BCUT2D eigenvalue weighted by molar-refractivity contribution is 5.99. The number of fused-ring (bicyclic) bond motifs is 1. The molecule has 3 aliphatic rings. The van der Waals surface area contributed by atoms with E-state index in [1.165, 1.54) is 0 Å². The molecule has 0 radical (unpaired) electrons. The molecule has 3 fully saturated rings. The van der Waals surface area contributed by atoms with Crippen LogP contribution in [-0.2, 0) is 14.3 Å². The van der Waals surface area contributed by atoms with Crippen LogP contribution in [0.3, 0.4) is 0 Å². The lowest BCUT2D eigenvalue weighted by Crippen LogP contribution is -2.46. The average molecular weight is 399 g/mol. The number of hydrogen-bond acceptors (Lipinski definition) is 5. The highest BCUT2D eigenvalue weighted by Crippen LogP contribution is 2.40. The summed E-state index contributed by atoms with van der Waals surface area (Å²) in [6, 6.07) is 6.52. The number of rotatable bonds is 5. The zero-order valence-corrected chi connectivity index (χ0v) is 16.8. The van der Waals surface area contributed by atoms with Crippen molar-refractivity contribution in [2.24, 2.45) is 11.7 Å². The number of nitrogens with one attached hydrogen (secondary N) is 1. The number of hydrogen-bond donors (Lipinski definition) is 2. The van der Waals surface area contributed by atoms with Gasteiger partial charge in [-0.1, -0.05) is 37.5 Å². The number of ketones is 1. The fourth-order valence-corrected chi connectivity index (χ4v) is 5.36. The van der Waals surface area contributed by atoms with Crippen molar-refractivity contribution in [1.29, 1.82) is 0 Å². The first-order valence-electron chi connectivity index (χ1n) is 10.5. The van der Waals surface area contributed by atoms with Gasteiger partial charge in [0.05, 0.1) is 12.0 Å². The van der Waals surface area contributed by atoms with Crippen molar-refractivity contribution in [3.05, 3.63) is 35.4 Å². The third-order valence-electron chi connectivity index (χ3n) is 6.79. The minimum Gasteiger partial charge on any atom is -0.366 e. The summed E-state index contributed by atoms with van der Waals surface area (Å²) < 4.78 is 5.69. The number of carbonyl (C=O) groups excluding carboxylic acids is 3. The highest BCUT2D eigenvalue weighted by Gasteiger charge is 2.53. The number of nitrogens with zero attached hydrogens (tertiary/aromatic N) is 1. The number of likely N-dealkylation sites (N-methyl/N-ethyl adjacent to an activating group) is 1. The summed E-state index contributed by atoms with van der Waals surface area (Å²) in [5.41, 5.74) is 6.72. The molecule has 2 heterocycles. The molecular weight excluding hydrogens is 370 g/mol. The molecule has 0 spiro atoms. The minimum absolute atomic E-state index is 0.0449. The molecule has 2 aliphatic heterocycles. The number of nitrogens with two attached hydrogens (primary N) is 1. The van der Waals surface area contributed by atoms with Gasteiger partial charge in [-0.2, -0.15) is 0 Å². The number of likely N-dealkylation sites (tertiary alicyclic amines) is 1. The first-order chi connectivity index (χ1) is 14.0. The van der Waals surface area contributed by atoms with Crippen LogP contribution in [0.4, 0.5) is 0 Å². The summed E-state index contributed by atoms with van der Waals surface area (Å²) in [7, 11) is 1.82. The molecular formula is C22H29N3O4. The molecule has 3 N–H and O–H groups in total. The normalized spacial score (nSPS) is 28.4. The fourth-order valence-electron chi connectivity index (χ4n) is 5.36. The molecule has 1 aromatic carbocycles. The van der Waals surface area contributed by atoms with Crippen molar-refractivity contribution in [2.75, 3.05) is 20.2 Å². The van der Waals surface area contributed by atoms with Gasteiger partial charge >= 0.3 is 0 Å². The van der Waals surface area contributed by atoms with Crippen LogP contribution in [0.5, 0.6) is 0 Å². The topological polar surface area (TPSA) is 102 Å². The summed E-state index contributed by atoms with van der Waals surface area (Å²) in [5.74, 6) is -0.990. The molecule has 1 saturated carbocycles. The van der Waals surface area contributed by atoms with E-state index in [0.717, 1.165) is 32.1 Å². The molecule has 4 rings (SSSR count). The Labute approximate surface area is 171 Å². The van der Waals surface area contributed by atoms with Gasteiger partial charge in [0, 0.05) is 12.1 Å². The number of carbonyl (C=O) groups is 3. The Morgan fingerprint density at radius 1 is 1.21 bits per heavy atom. The third kappa shape index (κ3) is 3.57. The van der Waals surface area contributed by atoms with Gasteiger partial charge in [-0.3, -0.25) is 14.4 Å². The van der Waals surface area contributed by atoms with Gasteiger partial charge in [0.2, 0.25) is 11.8 Å². The monoisotopic (exact) mass is 399 g/mol. The molecule has 7 heteroatoms. The third-order valence-corrected chi connectivity index (χ3v) is 6.79. The standard InChI is InChI=1S/C22H29N3O4/c1-24-16-11-25(19-17(26)12-29-20(16)19)22(28)18(13-7-3-2-4-8-13)14-9-5-6-10-15(14)21(23)27/h5-6,9-10,13,16,18-20,24H,2-4,7-8,11-12H2,1H3,(H2,23,27)/t16-,18-,19+,20+/m0/s1. The van der Waals surface area contributed by atoms with E-state index in [1.54, 1.807) is 17.0 Å². The van der Waals surface area contributed by atoms with Crippen LogP contribution >= 0.6 is 0 Å². The van der Waals surface area contributed by atoms with Crippen molar-refractivity contribution in [3.63, 3.8) is 0 Å². The number of benzene rings is 1. The van der Waals surface area contributed by atoms with Gasteiger partial charge in [-0.25, -0.2) is 0 Å². The maximum atomic E-state index is 13.9. The van der Waals surface area contributed by atoms with Crippen molar-refractivity contribution in [2.45, 2.75) is 56.2 Å². The summed E-state index contributed by atoms with van der Waals surface area (Å²) in [4.78, 5) is 40.2. The van der Waals surface area contributed by atoms with Crippen molar-refractivity contribution in [1.82, 2.24) is 10.2 Å². The molecule has 0 unspecified atom stereocenters. The van der Waals surface area contributed by atoms with E-state index in [4.69, 9.17) is 10.5 Å². The molecule has 156 valence electrons. The van der Waals surface area contributed by atoms with Crippen molar-refractivity contribution >= 4 is 17.6 Å². The highest BCUT2D eigenvalue weighted by atomic mass is 16.5. The minimum atomic E-state index is -0.549. The van der Waals surface area contributed by atoms with E-state index < -0.39 is 17.9 Å². The molecule has 2 amide bonds. The predicted molar refractivity (Wildman–Crippen MR) is 107 cm³/mol. The molecule has 1 aromatic rings. The zero-order valence-electron chi connectivity index (χ0n) is 16.8. The van der Waals surface area contributed by atoms with Gasteiger partial charge in [0.25, 0.3) is 0 Å². The molecule has 1 aliphatic carbocycles. The fraction of sp³-hybridized carbons (Fsp3) is 0.591. The summed E-state index contributed by atoms with van der Waals surface area (Å²) >= 11 is 0. The van der Waals surface area contributed by atoms with Crippen LogP contribution in [0.2, 0.25) is 0 Å². The number of primary amides is 1. The molecule has 2 saturated heterocycles. The molecule has 4 atom stereocenters. The van der Waals surface area contributed by atoms with Gasteiger partial charge < -0.3 is 20.7 Å². The van der Waals surface area contributed by atoms with E-state index >= 15 is 0 Å². The average Bonchev–Trinajstić information content (AvgIpc) is 3.30. The van der Waals surface area contributed by atoms with Crippen LogP contribution in [0.1, 0.15) is 53.9 Å². The van der Waals surface area contributed by atoms with Crippen LogP contribution in [0, 0.1) is 5.92 Å². The maximum absolute atomic E-state index is 13.9. The Kier molecular flexibility index (Phi) is 5.69. The van der Waals surface area contributed by atoms with Gasteiger partial charge in [-0.15, -0.1) is 0 Å². The second-order valence-corrected chi connectivity index (χ2v) is 8.40. The van der Waals surface area contributed by atoms with E-state index in [-0.39, 0.29) is 36.4 Å². The molecule has 0 aromatic heterocycles. The van der Waals surface area contributed by atoms with Crippen LogP contribution in [0.15, 0.2) is 24.3 Å². The van der Waals surface area contributed by atoms with Gasteiger partial charge in [-0.05, 0) is 37.4 Å². The predicted octanol–water partition coefficient (Wildman–Crippen LogP) is 1.22. The van der Waals surface area contributed by atoms with Crippen LogP contribution < -0.4 is 11.1 Å². The first kappa shape index (κ1) is 20.0. The zero-order chi connectivity index (χ0) is 20.5. The second-order valence-electron chi connectivity index (χ2n) is 8.40. The lowest BCUT2D eigenvalue weighted by molar-refractivity contribution is -0.139. The van der Waals surface area contributed by atoms with Crippen LogP contribution in [-0.4, -0.2) is 60.9 Å². The Morgan fingerprint density at radius 2 is 1.93 bits per heavy atom. The summed E-state index contributed by atoms with van der Waals surface area (Å²) in [6.45, 7) is 0.474. The molecule has 29 heavy (non-hydrogen) atoms. The Morgan fingerprint density at radius 3 is 2.62 bits per heavy atom. The van der Waals surface area contributed by atoms with Crippen molar-refractivity contribution < 1.29 is 19.1 Å². The van der Waals surface area contributed by atoms with E-state index in [1.807, 2.05) is 19.2 Å².